The van der Waals surface area contributed by atoms with Gasteiger partial charge >= 0.3 is 18.1 Å². The molecule has 2 saturated carbocycles. The number of hydroxylamine groups is 1. The molecule has 0 spiro atoms. The van der Waals surface area contributed by atoms with Gasteiger partial charge in [-0.1, -0.05) is 27.7 Å². The van der Waals surface area contributed by atoms with E-state index in [9.17, 15) is 31.2 Å². The van der Waals surface area contributed by atoms with Crippen LogP contribution < -0.4 is 0 Å². The molecule has 5 rings (SSSR count). The average Bonchev–Trinajstić information content (AvgIpc) is 3.83. The van der Waals surface area contributed by atoms with Crippen molar-refractivity contribution in [1.82, 2.24) is 9.37 Å². The Morgan fingerprint density at radius 3 is 2.14 bits per heavy atom. The van der Waals surface area contributed by atoms with E-state index in [0.717, 1.165) is 24.5 Å². The Labute approximate surface area is 255 Å². The minimum atomic E-state index is -5.57. The van der Waals surface area contributed by atoms with Gasteiger partial charge in [-0.3, -0.25) is 9.69 Å². The van der Waals surface area contributed by atoms with Crippen LogP contribution in [0.1, 0.15) is 71.5 Å². The number of alkyl halides is 3. The number of halogens is 6. The van der Waals surface area contributed by atoms with Gasteiger partial charge in [0, 0.05) is 29.7 Å². The minimum absolute atomic E-state index is 0.00699. The number of benzene rings is 2. The van der Waals surface area contributed by atoms with Crippen LogP contribution in [0.4, 0.5) is 17.6 Å². The maximum Gasteiger partial charge on any atom is 0.493 e. The van der Waals surface area contributed by atoms with Gasteiger partial charge in [0.05, 0.1) is 23.5 Å². The Morgan fingerprint density at radius 2 is 1.58 bits per heavy atom. The van der Waals surface area contributed by atoms with Gasteiger partial charge in [0.15, 0.2) is 0 Å². The standard InChI is InChI=1S/C28H28Cl2F4N2O6S/c29-19-9-16(10-20(30)12-19)15-41-21-5-7-35(8-6-21)14-18-11-25(31)24(13-23(18)17-1-2-17)26(37)36(42-27(38)28(32,33)34)43(39,40)22-3-4-22/h9-13,17,21-22H,1-8,14-15H2. The number of ether oxygens (including phenoxy) is 1. The van der Waals surface area contributed by atoms with Crippen molar-refractivity contribution in [1.29, 1.82) is 0 Å². The third-order valence-electron chi connectivity index (χ3n) is 7.55. The molecule has 234 valence electrons. The Bertz CT molecular complexity index is 1490. The second kappa shape index (κ2) is 12.5. The minimum Gasteiger partial charge on any atom is -0.373 e. The molecule has 2 aromatic carbocycles. The summed E-state index contributed by atoms with van der Waals surface area (Å²) >= 11 is 12.1. The molecule has 2 aliphatic carbocycles. The quantitative estimate of drug-likeness (QED) is 0.234. The lowest BCUT2D eigenvalue weighted by atomic mass is 9.97. The van der Waals surface area contributed by atoms with Crippen LogP contribution >= 0.6 is 23.2 Å². The first kappa shape index (κ1) is 32.0. The van der Waals surface area contributed by atoms with Crippen LogP contribution in [-0.2, 0) is 37.5 Å². The predicted octanol–water partition coefficient (Wildman–Crippen LogP) is 6.15. The number of carbonyl (C=O) groups is 2. The van der Waals surface area contributed by atoms with Gasteiger partial charge in [0.2, 0.25) is 0 Å². The molecule has 43 heavy (non-hydrogen) atoms. The van der Waals surface area contributed by atoms with Crippen LogP contribution in [0.15, 0.2) is 30.3 Å². The molecular formula is C28H28Cl2F4N2O6S. The fourth-order valence-corrected chi connectivity index (χ4v) is 7.10. The molecule has 0 radical (unpaired) electrons. The fourth-order valence-electron chi connectivity index (χ4n) is 5.03. The molecule has 2 aromatic rings. The highest BCUT2D eigenvalue weighted by atomic mass is 35.5. The molecule has 1 heterocycles. The Kier molecular flexibility index (Phi) is 9.30. The molecule has 1 saturated heterocycles. The van der Waals surface area contributed by atoms with E-state index in [1.807, 2.05) is 0 Å². The summed E-state index contributed by atoms with van der Waals surface area (Å²) in [6.45, 7) is 1.99. The lowest BCUT2D eigenvalue weighted by Crippen LogP contribution is -2.44. The van der Waals surface area contributed by atoms with Crippen molar-refractivity contribution >= 4 is 45.1 Å². The Hall–Kier alpha value is -2.45. The molecular weight excluding hydrogens is 639 g/mol. The summed E-state index contributed by atoms with van der Waals surface area (Å²) in [6, 6.07) is 7.49. The van der Waals surface area contributed by atoms with E-state index < -0.39 is 49.2 Å². The smallest absolute Gasteiger partial charge is 0.373 e. The number of hydrogen-bond acceptors (Lipinski definition) is 7. The zero-order chi connectivity index (χ0) is 31.1. The molecule has 0 bridgehead atoms. The van der Waals surface area contributed by atoms with Crippen LogP contribution in [0, 0.1) is 5.82 Å². The SMILES string of the molecule is O=C(c1cc(C2CC2)c(CN2CCC(OCc3cc(Cl)cc(Cl)c3)CC2)cc1F)N(OC(=O)C(F)(F)F)S(=O)(=O)C1CC1. The number of piperidine rings is 1. The number of amides is 1. The number of sulfonamides is 1. The van der Waals surface area contributed by atoms with Crippen molar-refractivity contribution in [2.45, 2.75) is 75.1 Å². The van der Waals surface area contributed by atoms with Crippen molar-refractivity contribution in [3.05, 3.63) is 68.4 Å². The van der Waals surface area contributed by atoms with Gasteiger partial charge in [-0.2, -0.15) is 13.2 Å². The second-order valence-corrected chi connectivity index (χ2v) is 13.9. The highest BCUT2D eigenvalue weighted by Crippen LogP contribution is 2.43. The Balaban J connectivity index is 1.28. The van der Waals surface area contributed by atoms with Gasteiger partial charge in [0.25, 0.3) is 10.0 Å². The van der Waals surface area contributed by atoms with Crippen molar-refractivity contribution in [3.63, 3.8) is 0 Å². The van der Waals surface area contributed by atoms with E-state index in [1.54, 1.807) is 18.2 Å². The summed E-state index contributed by atoms with van der Waals surface area (Å²) in [6.07, 6.45) is -2.50. The summed E-state index contributed by atoms with van der Waals surface area (Å²) in [5, 5.41) is -0.156. The zero-order valence-electron chi connectivity index (χ0n) is 22.7. The van der Waals surface area contributed by atoms with Gasteiger partial charge in [-0.25, -0.2) is 17.6 Å². The van der Waals surface area contributed by atoms with Crippen LogP contribution in [0.5, 0.6) is 0 Å². The van der Waals surface area contributed by atoms with E-state index in [2.05, 4.69) is 9.74 Å². The highest BCUT2D eigenvalue weighted by molar-refractivity contribution is 7.90. The van der Waals surface area contributed by atoms with E-state index in [4.69, 9.17) is 27.9 Å². The van der Waals surface area contributed by atoms with Crippen molar-refractivity contribution in [3.8, 4) is 0 Å². The predicted molar refractivity (Wildman–Crippen MR) is 148 cm³/mol. The highest BCUT2D eigenvalue weighted by Gasteiger charge is 2.50. The summed E-state index contributed by atoms with van der Waals surface area (Å²) in [5.74, 6) is -5.72. The molecule has 3 aliphatic rings. The topological polar surface area (TPSA) is 93.2 Å². The monoisotopic (exact) mass is 666 g/mol. The van der Waals surface area contributed by atoms with Crippen LogP contribution in [0.25, 0.3) is 0 Å². The number of carbonyl (C=O) groups excluding carboxylic acids is 2. The van der Waals surface area contributed by atoms with Crippen molar-refractivity contribution < 1.29 is 45.1 Å². The number of rotatable bonds is 9. The average molecular weight is 668 g/mol. The maximum absolute atomic E-state index is 15.4. The summed E-state index contributed by atoms with van der Waals surface area (Å²) < 4.78 is 84.9. The number of hydrogen-bond donors (Lipinski definition) is 0. The fraction of sp³-hybridized carbons (Fsp3) is 0.500. The van der Waals surface area contributed by atoms with Crippen molar-refractivity contribution in [2.24, 2.45) is 0 Å². The van der Waals surface area contributed by atoms with Gasteiger partial charge < -0.3 is 9.57 Å². The van der Waals surface area contributed by atoms with Crippen LogP contribution in [-0.4, -0.2) is 60.3 Å². The van der Waals surface area contributed by atoms with Crippen LogP contribution in [0.3, 0.4) is 0 Å². The molecule has 1 amide bonds. The van der Waals surface area contributed by atoms with Crippen molar-refractivity contribution in [2.75, 3.05) is 13.1 Å². The molecule has 15 heteroatoms. The molecule has 1 aliphatic heterocycles. The van der Waals surface area contributed by atoms with E-state index in [1.165, 1.54) is 6.07 Å². The lowest BCUT2D eigenvalue weighted by Gasteiger charge is -2.32. The molecule has 0 aromatic heterocycles. The third kappa shape index (κ3) is 7.80. The molecule has 0 N–H and O–H groups in total. The van der Waals surface area contributed by atoms with Gasteiger partial charge in [-0.15, -0.1) is 0 Å². The zero-order valence-corrected chi connectivity index (χ0v) is 25.0. The third-order valence-corrected chi connectivity index (χ3v) is 10.0. The van der Waals surface area contributed by atoms with E-state index >= 15 is 4.39 Å². The van der Waals surface area contributed by atoms with Gasteiger partial charge in [-0.05, 0) is 91.5 Å². The van der Waals surface area contributed by atoms with E-state index in [-0.39, 0.29) is 24.9 Å². The van der Waals surface area contributed by atoms with Gasteiger partial charge in [0.1, 0.15) is 5.82 Å². The normalized spacial score (nSPS) is 18.5. The summed E-state index contributed by atoms with van der Waals surface area (Å²) in [7, 11) is -4.79. The summed E-state index contributed by atoms with van der Waals surface area (Å²) in [5.41, 5.74) is 1.27. The van der Waals surface area contributed by atoms with Crippen LogP contribution in [0.2, 0.25) is 10.0 Å². The maximum atomic E-state index is 15.4. The first-order valence-corrected chi connectivity index (χ1v) is 16.0. The first-order valence-electron chi connectivity index (χ1n) is 13.7. The molecule has 0 atom stereocenters. The second-order valence-electron chi connectivity index (χ2n) is 11.0. The van der Waals surface area contributed by atoms with E-state index in [0.29, 0.717) is 60.3 Å². The molecule has 3 fully saturated rings. The largest absolute Gasteiger partial charge is 0.493 e. The number of likely N-dealkylation sites (tertiary alicyclic amines) is 1. The summed E-state index contributed by atoms with van der Waals surface area (Å²) in [4.78, 5) is 30.8. The first-order chi connectivity index (χ1) is 20.2. The Morgan fingerprint density at radius 1 is 0.953 bits per heavy atom. The number of nitrogens with zero attached hydrogens (tertiary/aromatic N) is 2. The lowest BCUT2D eigenvalue weighted by molar-refractivity contribution is -0.217. The molecule has 0 unspecified atom stereocenters. The molecule has 8 nitrogen and oxygen atoms in total.